The van der Waals surface area contributed by atoms with Gasteiger partial charge in [-0.3, -0.25) is 14.4 Å². The summed E-state index contributed by atoms with van der Waals surface area (Å²) in [6, 6.07) is 4.63. The summed E-state index contributed by atoms with van der Waals surface area (Å²) in [5.41, 5.74) is 2.76. The van der Waals surface area contributed by atoms with Crippen LogP contribution in [-0.2, 0) is 19.1 Å². The topological polar surface area (TPSA) is 87.1 Å². The number of nitrogens with zero attached hydrogens (tertiary/aromatic N) is 2. The van der Waals surface area contributed by atoms with Gasteiger partial charge in [0, 0.05) is 17.0 Å². The van der Waals surface area contributed by atoms with Crippen LogP contribution in [0.2, 0.25) is 0 Å². The zero-order chi connectivity index (χ0) is 30.1. The second-order valence-corrected chi connectivity index (χ2v) is 14.3. The summed E-state index contributed by atoms with van der Waals surface area (Å²) in [5, 5.41) is 10.5. The molecule has 0 radical (unpaired) electrons. The molecule has 2 amide bonds. The van der Waals surface area contributed by atoms with Crippen LogP contribution < -0.4 is 4.90 Å². The van der Waals surface area contributed by atoms with Crippen LogP contribution in [0.15, 0.2) is 43.5 Å². The number of aryl methyl sites for hydroxylation is 2. The number of hydrogen-bond acceptors (Lipinski definition) is 6. The fourth-order valence-corrected chi connectivity index (χ4v) is 9.55. The van der Waals surface area contributed by atoms with Crippen molar-refractivity contribution < 1.29 is 24.2 Å². The molecule has 41 heavy (non-hydrogen) atoms. The fourth-order valence-electron chi connectivity index (χ4n) is 7.23. The van der Waals surface area contributed by atoms with Crippen LogP contribution in [0.25, 0.3) is 0 Å². The summed E-state index contributed by atoms with van der Waals surface area (Å²) in [6.07, 6.45) is 7.39. The van der Waals surface area contributed by atoms with Gasteiger partial charge < -0.3 is 19.6 Å². The van der Waals surface area contributed by atoms with Crippen molar-refractivity contribution in [3.8, 4) is 0 Å². The third kappa shape index (κ3) is 5.38. The van der Waals surface area contributed by atoms with Gasteiger partial charge >= 0.3 is 5.97 Å². The van der Waals surface area contributed by atoms with Crippen molar-refractivity contribution in [1.82, 2.24) is 4.90 Å². The first-order chi connectivity index (χ1) is 19.5. The number of aliphatic hydroxyl groups excluding tert-OH is 1. The van der Waals surface area contributed by atoms with E-state index in [-0.39, 0.29) is 36.9 Å². The van der Waals surface area contributed by atoms with Gasteiger partial charge in [-0.1, -0.05) is 38.1 Å². The molecule has 1 N–H and O–H groups in total. The molecule has 3 aliphatic rings. The lowest BCUT2D eigenvalue weighted by Gasteiger charge is -2.41. The van der Waals surface area contributed by atoms with Crippen LogP contribution in [0, 0.1) is 31.6 Å². The third-order valence-electron chi connectivity index (χ3n) is 9.30. The number of carbonyl (C=O) groups excluding carboxylic acids is 3. The molecule has 3 heterocycles. The lowest BCUT2D eigenvalue weighted by atomic mass is 9.66. The number of anilines is 1. The number of amides is 2. The Balaban J connectivity index is 1.78. The van der Waals surface area contributed by atoms with Crippen molar-refractivity contribution in [1.29, 1.82) is 0 Å². The minimum Gasteiger partial charge on any atom is -0.465 e. The zero-order valence-corrected chi connectivity index (χ0v) is 26.0. The van der Waals surface area contributed by atoms with Gasteiger partial charge in [0.1, 0.15) is 6.04 Å². The quantitative estimate of drug-likeness (QED) is 0.195. The number of benzene rings is 1. The van der Waals surface area contributed by atoms with Gasteiger partial charge in [-0.25, -0.2) is 0 Å². The Hall–Kier alpha value is -2.58. The van der Waals surface area contributed by atoms with Crippen LogP contribution >= 0.6 is 11.8 Å². The van der Waals surface area contributed by atoms with Gasteiger partial charge in [0.05, 0.1) is 35.8 Å². The number of carbonyl (C=O) groups is 3. The van der Waals surface area contributed by atoms with Gasteiger partial charge in [-0.2, -0.15) is 0 Å². The van der Waals surface area contributed by atoms with Gasteiger partial charge in [-0.15, -0.1) is 24.9 Å². The highest BCUT2D eigenvalue weighted by atomic mass is 32.2. The highest BCUT2D eigenvalue weighted by Crippen LogP contribution is 2.72. The Morgan fingerprint density at radius 1 is 1.22 bits per heavy atom. The number of allylic oxidation sites excluding steroid dienone is 1. The molecule has 0 aliphatic carbocycles. The number of esters is 1. The molecule has 3 saturated heterocycles. The maximum absolute atomic E-state index is 14.8. The summed E-state index contributed by atoms with van der Waals surface area (Å²) in [7, 11) is 0. The lowest BCUT2D eigenvalue weighted by molar-refractivity contribution is -0.156. The molecule has 3 aliphatic heterocycles. The standard InChI is InChI=1S/C33H46N2O5S/c1-8-10-11-12-18-40-31(39)27-26-29(37)35(25(20-36)21(3)4)28(33(26)16-15-32(27,7)41-33)30(38)34(17-9-2)24-19-22(5)13-14-23(24)6/h8-9,13-14,19,21,25-28,36H,1-2,10-12,15-18,20H2,3-7H3/t25-,26-,27+,28?,32-,33?/m0/s1. The molecule has 0 saturated carbocycles. The van der Waals surface area contributed by atoms with Gasteiger partial charge in [0.25, 0.3) is 5.91 Å². The van der Waals surface area contributed by atoms with Crippen LogP contribution in [-0.4, -0.2) is 69.1 Å². The molecule has 1 aromatic carbocycles. The van der Waals surface area contributed by atoms with Crippen molar-refractivity contribution in [3.63, 3.8) is 0 Å². The predicted octanol–water partition coefficient (Wildman–Crippen LogP) is 5.22. The molecular weight excluding hydrogens is 536 g/mol. The van der Waals surface area contributed by atoms with Crippen molar-refractivity contribution in [2.45, 2.75) is 88.3 Å². The monoisotopic (exact) mass is 582 g/mol. The molecule has 8 heteroatoms. The molecule has 2 unspecified atom stereocenters. The second-order valence-electron chi connectivity index (χ2n) is 12.4. The smallest absolute Gasteiger partial charge is 0.311 e. The van der Waals surface area contributed by atoms with E-state index in [0.29, 0.717) is 19.4 Å². The largest absolute Gasteiger partial charge is 0.465 e. The van der Waals surface area contributed by atoms with E-state index in [0.717, 1.165) is 36.1 Å². The minimum absolute atomic E-state index is 0.0870. The van der Waals surface area contributed by atoms with Crippen molar-refractivity contribution in [2.75, 3.05) is 24.7 Å². The van der Waals surface area contributed by atoms with Gasteiger partial charge in [0.2, 0.25) is 5.91 Å². The molecule has 1 spiro atoms. The summed E-state index contributed by atoms with van der Waals surface area (Å²) < 4.78 is 4.49. The highest BCUT2D eigenvalue weighted by Gasteiger charge is 2.78. The number of thioether (sulfide) groups is 1. The van der Waals surface area contributed by atoms with E-state index >= 15 is 0 Å². The van der Waals surface area contributed by atoms with E-state index < -0.39 is 33.4 Å². The first-order valence-corrected chi connectivity index (χ1v) is 15.7. The van der Waals surface area contributed by atoms with Gasteiger partial charge in [-0.05, 0) is 76.0 Å². The van der Waals surface area contributed by atoms with Crippen molar-refractivity contribution in [3.05, 3.63) is 54.6 Å². The lowest BCUT2D eigenvalue weighted by Crippen LogP contribution is -2.58. The summed E-state index contributed by atoms with van der Waals surface area (Å²) in [5.74, 6) is -2.18. The molecular formula is C33H46N2O5S. The Bertz CT molecular complexity index is 1200. The average Bonchev–Trinajstić information content (AvgIpc) is 3.49. The van der Waals surface area contributed by atoms with E-state index in [4.69, 9.17) is 4.74 Å². The van der Waals surface area contributed by atoms with Crippen molar-refractivity contribution >= 4 is 35.2 Å². The number of unbranched alkanes of at least 4 members (excludes halogenated alkanes) is 2. The van der Waals surface area contributed by atoms with Crippen LogP contribution in [0.5, 0.6) is 0 Å². The maximum atomic E-state index is 14.8. The molecule has 1 aromatic rings. The zero-order valence-electron chi connectivity index (χ0n) is 25.2. The molecule has 7 nitrogen and oxygen atoms in total. The molecule has 3 fully saturated rings. The number of likely N-dealkylation sites (tertiary alicyclic amines) is 1. The Morgan fingerprint density at radius 3 is 2.59 bits per heavy atom. The fraction of sp³-hybridized carbons (Fsp3) is 0.606. The normalized spacial score (nSPS) is 29.0. The number of ether oxygens (including phenoxy) is 1. The van der Waals surface area contributed by atoms with Crippen LogP contribution in [0.1, 0.15) is 64.0 Å². The first kappa shape index (κ1) is 31.4. The van der Waals surface area contributed by atoms with E-state index in [1.807, 2.05) is 58.9 Å². The van der Waals surface area contributed by atoms with E-state index in [1.54, 1.807) is 27.6 Å². The van der Waals surface area contributed by atoms with Gasteiger partial charge in [0.15, 0.2) is 0 Å². The maximum Gasteiger partial charge on any atom is 0.311 e. The van der Waals surface area contributed by atoms with Crippen LogP contribution in [0.4, 0.5) is 5.69 Å². The Morgan fingerprint density at radius 2 is 1.95 bits per heavy atom. The van der Waals surface area contributed by atoms with E-state index in [2.05, 4.69) is 13.2 Å². The molecule has 224 valence electrons. The number of aliphatic hydroxyl groups is 1. The van der Waals surface area contributed by atoms with Crippen LogP contribution in [0.3, 0.4) is 0 Å². The average molecular weight is 583 g/mol. The molecule has 6 atom stereocenters. The second kappa shape index (κ2) is 12.3. The summed E-state index contributed by atoms with van der Waals surface area (Å²) in [4.78, 5) is 46.4. The highest BCUT2D eigenvalue weighted by molar-refractivity contribution is 8.02. The minimum atomic E-state index is -0.823. The Kier molecular flexibility index (Phi) is 9.44. The third-order valence-corrected chi connectivity index (χ3v) is 11.3. The van der Waals surface area contributed by atoms with E-state index in [1.165, 1.54) is 0 Å². The predicted molar refractivity (Wildman–Crippen MR) is 165 cm³/mol. The Labute approximate surface area is 249 Å². The summed E-state index contributed by atoms with van der Waals surface area (Å²) >= 11 is 1.63. The number of rotatable bonds is 13. The van der Waals surface area contributed by atoms with Crippen molar-refractivity contribution in [2.24, 2.45) is 17.8 Å². The first-order valence-electron chi connectivity index (χ1n) is 14.9. The SMILES string of the molecule is C=CCCCCOC(=O)[C@H]1[C@H]2C(=O)N([C@@H](CO)C(C)C)C(C(=O)N(CC=C)c3cc(C)ccc3C)C23CC[C@]1(C)S3. The molecule has 2 bridgehead atoms. The molecule has 0 aromatic heterocycles. The number of hydrogen-bond donors (Lipinski definition) is 1. The molecule has 4 rings (SSSR count). The van der Waals surface area contributed by atoms with E-state index in [9.17, 15) is 19.5 Å². The number of fused-ring (bicyclic) bond motifs is 1. The summed E-state index contributed by atoms with van der Waals surface area (Å²) in [6.45, 7) is 17.9.